The fourth-order valence-corrected chi connectivity index (χ4v) is 3.56. The number of hydrogen-bond donors (Lipinski definition) is 1. The maximum Gasteiger partial charge on any atom is 0.231 e. The predicted octanol–water partition coefficient (Wildman–Crippen LogP) is 4.55. The minimum atomic E-state index is 0.255. The molecule has 0 fully saturated rings. The standard InChI is InChI=1S/C16H13ClN2O2S/c1-9-2-3-12-13(4-9)19-16(18-12)22-7-10-5-14-15(6-11(10)17)21-8-20-14/h2-6H,7-8H2,1H3,(H,18,19). The Labute approximate surface area is 136 Å². The number of hydrogen-bond acceptors (Lipinski definition) is 4. The summed E-state index contributed by atoms with van der Waals surface area (Å²) in [5, 5.41) is 1.57. The van der Waals surface area contributed by atoms with Crippen LogP contribution in [0.5, 0.6) is 11.5 Å². The molecule has 1 N–H and O–H groups in total. The smallest absolute Gasteiger partial charge is 0.231 e. The van der Waals surface area contributed by atoms with Crippen molar-refractivity contribution in [2.24, 2.45) is 0 Å². The topological polar surface area (TPSA) is 47.1 Å². The number of benzene rings is 2. The summed E-state index contributed by atoms with van der Waals surface area (Å²) in [7, 11) is 0. The first-order chi connectivity index (χ1) is 10.7. The van der Waals surface area contributed by atoms with Crippen molar-refractivity contribution in [1.82, 2.24) is 9.97 Å². The molecule has 4 nitrogen and oxygen atoms in total. The first kappa shape index (κ1) is 13.8. The van der Waals surface area contributed by atoms with Crippen LogP contribution in [0.25, 0.3) is 11.0 Å². The van der Waals surface area contributed by atoms with Gasteiger partial charge in [-0.3, -0.25) is 0 Å². The van der Waals surface area contributed by atoms with E-state index < -0.39 is 0 Å². The molecule has 0 unspecified atom stereocenters. The molecular weight excluding hydrogens is 320 g/mol. The second-order valence-corrected chi connectivity index (χ2v) is 6.52. The summed E-state index contributed by atoms with van der Waals surface area (Å²) in [5.41, 5.74) is 4.25. The van der Waals surface area contributed by atoms with Gasteiger partial charge < -0.3 is 14.5 Å². The Hall–Kier alpha value is -1.85. The zero-order valence-corrected chi connectivity index (χ0v) is 13.4. The van der Waals surface area contributed by atoms with E-state index in [1.165, 1.54) is 5.56 Å². The van der Waals surface area contributed by atoms with Gasteiger partial charge in [-0.25, -0.2) is 4.98 Å². The fraction of sp³-hybridized carbons (Fsp3) is 0.188. The molecule has 0 spiro atoms. The Morgan fingerprint density at radius 3 is 2.91 bits per heavy atom. The van der Waals surface area contributed by atoms with E-state index in [1.807, 2.05) is 18.2 Å². The van der Waals surface area contributed by atoms with E-state index in [-0.39, 0.29) is 6.79 Å². The highest BCUT2D eigenvalue weighted by molar-refractivity contribution is 7.98. The van der Waals surface area contributed by atoms with Crippen LogP contribution in [0.3, 0.4) is 0 Å². The van der Waals surface area contributed by atoms with Crippen LogP contribution in [0.4, 0.5) is 0 Å². The summed E-state index contributed by atoms with van der Waals surface area (Å²) in [4.78, 5) is 7.91. The summed E-state index contributed by atoms with van der Waals surface area (Å²) >= 11 is 7.91. The molecule has 0 bridgehead atoms. The lowest BCUT2D eigenvalue weighted by atomic mass is 10.2. The molecule has 2 heterocycles. The van der Waals surface area contributed by atoms with Gasteiger partial charge >= 0.3 is 0 Å². The van der Waals surface area contributed by atoms with Crippen LogP contribution in [-0.2, 0) is 5.75 Å². The molecule has 0 radical (unpaired) electrons. The van der Waals surface area contributed by atoms with Crippen LogP contribution >= 0.6 is 23.4 Å². The number of aromatic nitrogens is 2. The Balaban J connectivity index is 1.56. The molecule has 1 aromatic heterocycles. The molecule has 1 aliphatic rings. The normalized spacial score (nSPS) is 13.0. The Bertz CT molecular complexity index is 863. The van der Waals surface area contributed by atoms with Crippen molar-refractivity contribution in [3.8, 4) is 11.5 Å². The third kappa shape index (κ3) is 2.51. The minimum absolute atomic E-state index is 0.255. The van der Waals surface area contributed by atoms with Crippen LogP contribution in [0.2, 0.25) is 5.02 Å². The van der Waals surface area contributed by atoms with Crippen molar-refractivity contribution < 1.29 is 9.47 Å². The summed E-state index contributed by atoms with van der Waals surface area (Å²) in [6.07, 6.45) is 0. The second kappa shape index (κ2) is 5.41. The van der Waals surface area contributed by atoms with Gasteiger partial charge in [0, 0.05) is 16.8 Å². The average molecular weight is 333 g/mol. The Kier molecular flexibility index (Phi) is 3.39. The molecule has 1 aliphatic heterocycles. The molecule has 0 saturated carbocycles. The predicted molar refractivity (Wildman–Crippen MR) is 88.0 cm³/mol. The molecule has 4 rings (SSSR count). The summed E-state index contributed by atoms with van der Waals surface area (Å²) in [6.45, 7) is 2.32. The minimum Gasteiger partial charge on any atom is -0.454 e. The number of nitrogens with one attached hydrogen (secondary N) is 1. The van der Waals surface area contributed by atoms with Crippen molar-refractivity contribution in [1.29, 1.82) is 0 Å². The number of nitrogens with zero attached hydrogens (tertiary/aromatic N) is 1. The van der Waals surface area contributed by atoms with Gasteiger partial charge in [-0.05, 0) is 36.2 Å². The van der Waals surface area contributed by atoms with Crippen molar-refractivity contribution in [3.63, 3.8) is 0 Å². The third-order valence-electron chi connectivity index (χ3n) is 3.52. The van der Waals surface area contributed by atoms with Gasteiger partial charge in [0.05, 0.1) is 11.0 Å². The van der Waals surface area contributed by atoms with Crippen LogP contribution in [0.15, 0.2) is 35.5 Å². The van der Waals surface area contributed by atoms with E-state index in [9.17, 15) is 0 Å². The van der Waals surface area contributed by atoms with Gasteiger partial charge in [-0.1, -0.05) is 29.4 Å². The number of imidazole rings is 1. The van der Waals surface area contributed by atoms with Crippen molar-refractivity contribution in [3.05, 3.63) is 46.5 Å². The van der Waals surface area contributed by atoms with E-state index in [1.54, 1.807) is 11.8 Å². The van der Waals surface area contributed by atoms with Gasteiger partial charge in [0.25, 0.3) is 0 Å². The van der Waals surface area contributed by atoms with E-state index in [2.05, 4.69) is 29.0 Å². The van der Waals surface area contributed by atoms with Gasteiger partial charge in [-0.15, -0.1) is 0 Å². The number of thioether (sulfide) groups is 1. The number of aromatic amines is 1. The summed E-state index contributed by atoms with van der Waals surface area (Å²) in [6, 6.07) is 9.93. The lowest BCUT2D eigenvalue weighted by Gasteiger charge is -2.04. The summed E-state index contributed by atoms with van der Waals surface area (Å²) in [5.74, 6) is 2.17. The van der Waals surface area contributed by atoms with E-state index in [4.69, 9.17) is 21.1 Å². The molecule has 3 aromatic rings. The van der Waals surface area contributed by atoms with Crippen molar-refractivity contribution in [2.75, 3.05) is 6.79 Å². The molecule has 0 amide bonds. The van der Waals surface area contributed by atoms with Crippen molar-refractivity contribution in [2.45, 2.75) is 17.8 Å². The van der Waals surface area contributed by atoms with E-state index >= 15 is 0 Å². The number of H-pyrrole nitrogens is 1. The maximum absolute atomic E-state index is 6.29. The highest BCUT2D eigenvalue weighted by atomic mass is 35.5. The fourth-order valence-electron chi connectivity index (χ4n) is 2.38. The lowest BCUT2D eigenvalue weighted by molar-refractivity contribution is 0.174. The van der Waals surface area contributed by atoms with Crippen LogP contribution in [-0.4, -0.2) is 16.8 Å². The molecule has 0 aliphatic carbocycles. The first-order valence-corrected chi connectivity index (χ1v) is 8.22. The maximum atomic E-state index is 6.29. The highest BCUT2D eigenvalue weighted by Gasteiger charge is 2.17. The number of aryl methyl sites for hydroxylation is 1. The third-order valence-corrected chi connectivity index (χ3v) is 4.80. The molecule has 0 atom stereocenters. The second-order valence-electron chi connectivity index (χ2n) is 5.15. The van der Waals surface area contributed by atoms with E-state index in [0.29, 0.717) is 16.5 Å². The summed E-state index contributed by atoms with van der Waals surface area (Å²) < 4.78 is 10.7. The van der Waals surface area contributed by atoms with Crippen molar-refractivity contribution >= 4 is 34.4 Å². The molecular formula is C16H13ClN2O2S. The molecule has 0 saturated heterocycles. The first-order valence-electron chi connectivity index (χ1n) is 6.86. The SMILES string of the molecule is Cc1ccc2nc(SCc3cc4c(cc3Cl)OCO4)[nH]c2c1. The largest absolute Gasteiger partial charge is 0.454 e. The van der Waals surface area contributed by atoms with Gasteiger partial charge in [0.2, 0.25) is 6.79 Å². The molecule has 6 heteroatoms. The Morgan fingerprint density at radius 2 is 2.05 bits per heavy atom. The molecule has 2 aromatic carbocycles. The number of rotatable bonds is 3. The molecule has 22 heavy (non-hydrogen) atoms. The Morgan fingerprint density at radius 1 is 1.23 bits per heavy atom. The number of halogens is 1. The highest BCUT2D eigenvalue weighted by Crippen LogP contribution is 2.38. The average Bonchev–Trinajstić information content (AvgIpc) is 3.09. The van der Waals surface area contributed by atoms with Crippen LogP contribution in [0.1, 0.15) is 11.1 Å². The van der Waals surface area contributed by atoms with Crippen LogP contribution < -0.4 is 9.47 Å². The quantitative estimate of drug-likeness (QED) is 0.715. The lowest BCUT2D eigenvalue weighted by Crippen LogP contribution is -1.92. The number of ether oxygens (including phenoxy) is 2. The zero-order chi connectivity index (χ0) is 15.1. The van der Waals surface area contributed by atoms with Gasteiger partial charge in [0.1, 0.15) is 0 Å². The zero-order valence-electron chi connectivity index (χ0n) is 11.9. The number of fused-ring (bicyclic) bond motifs is 2. The van der Waals surface area contributed by atoms with E-state index in [0.717, 1.165) is 27.5 Å². The molecule has 112 valence electrons. The van der Waals surface area contributed by atoms with Gasteiger partial charge in [0.15, 0.2) is 16.7 Å². The monoisotopic (exact) mass is 332 g/mol. The van der Waals surface area contributed by atoms with Crippen LogP contribution in [0, 0.1) is 6.92 Å². The van der Waals surface area contributed by atoms with Gasteiger partial charge in [-0.2, -0.15) is 0 Å².